The van der Waals surface area contributed by atoms with Gasteiger partial charge in [-0.2, -0.15) is 0 Å². The van der Waals surface area contributed by atoms with Crippen LogP contribution in [0.15, 0.2) is 36.7 Å². The van der Waals surface area contributed by atoms with Gasteiger partial charge < -0.3 is 5.32 Å². The Bertz CT molecular complexity index is 584. The number of benzene rings is 1. The lowest BCUT2D eigenvalue weighted by Gasteiger charge is -2.06. The molecule has 0 radical (unpaired) electrons. The van der Waals surface area contributed by atoms with E-state index in [0.29, 0.717) is 6.54 Å². The van der Waals surface area contributed by atoms with E-state index in [-0.39, 0.29) is 5.69 Å². The van der Waals surface area contributed by atoms with Gasteiger partial charge in [-0.3, -0.25) is 10.1 Å². The molecule has 0 bridgehead atoms. The molecule has 0 fully saturated rings. The van der Waals surface area contributed by atoms with Crippen molar-refractivity contribution in [2.45, 2.75) is 26.3 Å². The van der Waals surface area contributed by atoms with E-state index in [1.54, 1.807) is 18.5 Å². The number of nitro groups is 1. The van der Waals surface area contributed by atoms with Crippen LogP contribution in [-0.2, 0) is 13.0 Å². The van der Waals surface area contributed by atoms with Crippen LogP contribution in [0.3, 0.4) is 0 Å². The first-order chi connectivity index (χ1) is 9.69. The number of anilines is 1. The Hall–Kier alpha value is -2.50. The molecule has 0 saturated heterocycles. The molecule has 0 aliphatic carbocycles. The second kappa shape index (κ2) is 6.60. The topological polar surface area (TPSA) is 81.0 Å². The van der Waals surface area contributed by atoms with Crippen LogP contribution in [0.2, 0.25) is 0 Å². The fourth-order valence-electron chi connectivity index (χ4n) is 1.82. The average Bonchev–Trinajstić information content (AvgIpc) is 2.46. The minimum absolute atomic E-state index is 0.0982. The Morgan fingerprint density at radius 3 is 2.65 bits per heavy atom. The molecule has 1 N–H and O–H groups in total. The summed E-state index contributed by atoms with van der Waals surface area (Å²) in [6.07, 6.45) is 3.51. The second-order valence-electron chi connectivity index (χ2n) is 4.42. The highest BCUT2D eigenvalue weighted by molar-refractivity contribution is 5.38. The van der Waals surface area contributed by atoms with Crippen LogP contribution < -0.4 is 5.32 Å². The third kappa shape index (κ3) is 3.74. The summed E-state index contributed by atoms with van der Waals surface area (Å²) < 4.78 is 0. The van der Waals surface area contributed by atoms with Crippen molar-refractivity contribution in [3.8, 4) is 0 Å². The number of rotatable bonds is 6. The Labute approximate surface area is 117 Å². The molecule has 20 heavy (non-hydrogen) atoms. The zero-order valence-electron chi connectivity index (χ0n) is 11.2. The summed E-state index contributed by atoms with van der Waals surface area (Å²) in [4.78, 5) is 18.5. The van der Waals surface area contributed by atoms with Crippen LogP contribution in [0.25, 0.3) is 0 Å². The van der Waals surface area contributed by atoms with E-state index < -0.39 is 4.92 Å². The first-order valence-corrected chi connectivity index (χ1v) is 6.47. The van der Waals surface area contributed by atoms with Crippen LogP contribution in [0, 0.1) is 10.1 Å². The van der Waals surface area contributed by atoms with Gasteiger partial charge in [-0.1, -0.05) is 25.5 Å². The Balaban J connectivity index is 1.97. The predicted octanol–water partition coefficient (Wildman–Crippen LogP) is 2.95. The molecule has 0 atom stereocenters. The number of nitrogens with one attached hydrogen (secondary N) is 1. The average molecular weight is 272 g/mol. The maximum absolute atomic E-state index is 10.6. The highest BCUT2D eigenvalue weighted by atomic mass is 16.6. The van der Waals surface area contributed by atoms with E-state index in [0.717, 1.165) is 29.9 Å². The first kappa shape index (κ1) is 13.9. The standard InChI is InChI=1S/C14H16N4O2/c1-2-3-12-8-14(17-10-16-12)15-9-11-4-6-13(7-5-11)18(19)20/h4-8,10H,2-3,9H2,1H3,(H,15,16,17). The fraction of sp³-hybridized carbons (Fsp3) is 0.286. The summed E-state index contributed by atoms with van der Waals surface area (Å²) in [7, 11) is 0. The molecule has 1 heterocycles. The van der Waals surface area contributed by atoms with Crippen LogP contribution in [-0.4, -0.2) is 14.9 Å². The zero-order valence-corrected chi connectivity index (χ0v) is 11.2. The smallest absolute Gasteiger partial charge is 0.269 e. The number of aryl methyl sites for hydroxylation is 1. The lowest BCUT2D eigenvalue weighted by molar-refractivity contribution is -0.384. The first-order valence-electron chi connectivity index (χ1n) is 6.47. The van der Waals surface area contributed by atoms with Crippen LogP contribution >= 0.6 is 0 Å². The summed E-state index contributed by atoms with van der Waals surface area (Å²) in [6, 6.07) is 8.40. The minimum atomic E-state index is -0.404. The van der Waals surface area contributed by atoms with E-state index in [4.69, 9.17) is 0 Å². The second-order valence-corrected chi connectivity index (χ2v) is 4.42. The molecule has 0 unspecified atom stereocenters. The van der Waals surface area contributed by atoms with Crippen molar-refractivity contribution in [3.05, 3.63) is 58.0 Å². The summed E-state index contributed by atoms with van der Waals surface area (Å²) in [5.41, 5.74) is 2.07. The van der Waals surface area contributed by atoms with E-state index in [1.807, 2.05) is 6.07 Å². The summed E-state index contributed by atoms with van der Waals surface area (Å²) in [5.74, 6) is 0.766. The molecular formula is C14H16N4O2. The van der Waals surface area contributed by atoms with Gasteiger partial charge in [-0.05, 0) is 12.0 Å². The van der Waals surface area contributed by atoms with Crippen LogP contribution in [0.5, 0.6) is 0 Å². The third-order valence-electron chi connectivity index (χ3n) is 2.85. The van der Waals surface area contributed by atoms with Gasteiger partial charge >= 0.3 is 0 Å². The number of hydrogen-bond acceptors (Lipinski definition) is 5. The molecule has 6 nitrogen and oxygen atoms in total. The largest absolute Gasteiger partial charge is 0.366 e. The monoisotopic (exact) mass is 272 g/mol. The lowest BCUT2D eigenvalue weighted by atomic mass is 10.2. The van der Waals surface area contributed by atoms with Crippen molar-refractivity contribution in [3.63, 3.8) is 0 Å². The minimum Gasteiger partial charge on any atom is -0.366 e. The maximum Gasteiger partial charge on any atom is 0.269 e. The van der Waals surface area contributed by atoms with Gasteiger partial charge in [0.2, 0.25) is 0 Å². The van der Waals surface area contributed by atoms with Gasteiger partial charge in [-0.25, -0.2) is 9.97 Å². The van der Waals surface area contributed by atoms with Gasteiger partial charge in [0.1, 0.15) is 12.1 Å². The molecule has 2 aromatic rings. The Morgan fingerprint density at radius 2 is 2.00 bits per heavy atom. The van der Waals surface area contributed by atoms with E-state index in [2.05, 4.69) is 22.2 Å². The third-order valence-corrected chi connectivity index (χ3v) is 2.85. The summed E-state index contributed by atoms with van der Waals surface area (Å²) in [5, 5.41) is 13.8. The van der Waals surface area contributed by atoms with Crippen LogP contribution in [0.4, 0.5) is 11.5 Å². The molecular weight excluding hydrogens is 256 g/mol. The molecule has 6 heteroatoms. The molecule has 2 rings (SSSR count). The molecule has 0 spiro atoms. The number of nitrogens with zero attached hydrogens (tertiary/aromatic N) is 3. The van der Waals surface area contributed by atoms with Gasteiger partial charge in [0.05, 0.1) is 4.92 Å². The van der Waals surface area contributed by atoms with Crippen molar-refractivity contribution < 1.29 is 4.92 Å². The molecule has 0 aliphatic rings. The molecule has 0 saturated carbocycles. The highest BCUT2D eigenvalue weighted by Gasteiger charge is 2.04. The normalized spacial score (nSPS) is 10.2. The van der Waals surface area contributed by atoms with E-state index in [1.165, 1.54) is 12.1 Å². The van der Waals surface area contributed by atoms with Crippen molar-refractivity contribution in [2.24, 2.45) is 0 Å². The number of non-ortho nitro benzene ring substituents is 1. The zero-order chi connectivity index (χ0) is 14.4. The quantitative estimate of drug-likeness (QED) is 0.646. The van der Waals surface area contributed by atoms with Gasteiger partial charge in [0.15, 0.2) is 0 Å². The number of hydrogen-bond donors (Lipinski definition) is 1. The predicted molar refractivity (Wildman–Crippen MR) is 76.5 cm³/mol. The molecule has 1 aromatic heterocycles. The highest BCUT2D eigenvalue weighted by Crippen LogP contribution is 2.13. The fourth-order valence-corrected chi connectivity index (χ4v) is 1.82. The van der Waals surface area contributed by atoms with Crippen molar-refractivity contribution in [1.29, 1.82) is 0 Å². The van der Waals surface area contributed by atoms with E-state index >= 15 is 0 Å². The van der Waals surface area contributed by atoms with Crippen LogP contribution in [0.1, 0.15) is 24.6 Å². The van der Waals surface area contributed by atoms with Crippen molar-refractivity contribution >= 4 is 11.5 Å². The molecule has 1 aromatic carbocycles. The molecule has 0 amide bonds. The van der Waals surface area contributed by atoms with Gasteiger partial charge in [0, 0.05) is 30.4 Å². The lowest BCUT2D eigenvalue weighted by Crippen LogP contribution is -2.03. The van der Waals surface area contributed by atoms with Gasteiger partial charge in [-0.15, -0.1) is 0 Å². The van der Waals surface area contributed by atoms with Gasteiger partial charge in [0.25, 0.3) is 5.69 Å². The van der Waals surface area contributed by atoms with Crippen molar-refractivity contribution in [1.82, 2.24) is 9.97 Å². The van der Waals surface area contributed by atoms with E-state index in [9.17, 15) is 10.1 Å². The summed E-state index contributed by atoms with van der Waals surface area (Å²) >= 11 is 0. The summed E-state index contributed by atoms with van der Waals surface area (Å²) in [6.45, 7) is 2.67. The number of nitro benzene ring substituents is 1. The Kier molecular flexibility index (Phi) is 4.60. The van der Waals surface area contributed by atoms with Crippen molar-refractivity contribution in [2.75, 3.05) is 5.32 Å². The molecule has 0 aliphatic heterocycles. The maximum atomic E-state index is 10.6. The SMILES string of the molecule is CCCc1cc(NCc2ccc([N+](=O)[O-])cc2)ncn1. The molecule has 104 valence electrons. The Morgan fingerprint density at radius 1 is 1.25 bits per heavy atom. The number of aromatic nitrogens is 2.